The first-order valence-electron chi connectivity index (χ1n) is 4.67. The van der Waals surface area contributed by atoms with Crippen LogP contribution in [0.2, 0.25) is 0 Å². The van der Waals surface area contributed by atoms with Crippen LogP contribution < -0.4 is 0 Å². The molecular weight excluding hydrogens is 228 g/mol. The van der Waals surface area contributed by atoms with Crippen molar-refractivity contribution in [1.29, 1.82) is 0 Å². The van der Waals surface area contributed by atoms with Gasteiger partial charge in [-0.25, -0.2) is 0 Å². The van der Waals surface area contributed by atoms with E-state index < -0.39 is 0 Å². The lowest BCUT2D eigenvalue weighted by molar-refractivity contribution is 0.111. The van der Waals surface area contributed by atoms with Gasteiger partial charge in [0.2, 0.25) is 0 Å². The zero-order valence-electron chi connectivity index (χ0n) is 7.50. The van der Waals surface area contributed by atoms with Gasteiger partial charge in [-0.05, 0) is 36.5 Å². The molecule has 1 aliphatic carbocycles. The summed E-state index contributed by atoms with van der Waals surface area (Å²) in [4.78, 5) is 0. The molecule has 0 atom stereocenters. The second-order valence-corrected chi connectivity index (χ2v) is 4.50. The quantitative estimate of drug-likeness (QED) is 0.785. The van der Waals surface area contributed by atoms with E-state index in [0.29, 0.717) is 0 Å². The van der Waals surface area contributed by atoms with Crippen LogP contribution in [0.15, 0.2) is 28.7 Å². The predicted molar refractivity (Wildman–Crippen MR) is 56.5 cm³/mol. The van der Waals surface area contributed by atoms with Crippen molar-refractivity contribution in [2.45, 2.75) is 19.4 Å². The second kappa shape index (κ2) is 4.25. The van der Waals surface area contributed by atoms with E-state index in [-0.39, 0.29) is 0 Å². The standard InChI is InChI=1S/C11H13BrO/c12-11-3-1-2-10(6-11)8-13-7-9-4-5-9/h1-3,6,9H,4-5,7-8H2. The van der Waals surface area contributed by atoms with Crippen molar-refractivity contribution in [2.75, 3.05) is 6.61 Å². The maximum atomic E-state index is 5.58. The van der Waals surface area contributed by atoms with E-state index in [0.717, 1.165) is 23.6 Å². The number of hydrogen-bond acceptors (Lipinski definition) is 1. The van der Waals surface area contributed by atoms with E-state index >= 15 is 0 Å². The molecule has 0 amide bonds. The maximum absolute atomic E-state index is 5.58. The number of rotatable bonds is 4. The molecule has 1 aliphatic rings. The molecule has 0 radical (unpaired) electrons. The fourth-order valence-electron chi connectivity index (χ4n) is 1.25. The highest BCUT2D eigenvalue weighted by Crippen LogP contribution is 2.29. The highest BCUT2D eigenvalue weighted by Gasteiger charge is 2.20. The van der Waals surface area contributed by atoms with E-state index in [4.69, 9.17) is 4.74 Å². The molecule has 2 rings (SSSR count). The lowest BCUT2D eigenvalue weighted by atomic mass is 10.2. The Bertz CT molecular complexity index is 281. The van der Waals surface area contributed by atoms with E-state index in [1.165, 1.54) is 18.4 Å². The van der Waals surface area contributed by atoms with Gasteiger partial charge in [-0.1, -0.05) is 28.1 Å². The number of halogens is 1. The Kier molecular flexibility index (Phi) is 3.01. The molecule has 1 aromatic carbocycles. The second-order valence-electron chi connectivity index (χ2n) is 3.59. The summed E-state index contributed by atoms with van der Waals surface area (Å²) < 4.78 is 6.70. The highest BCUT2D eigenvalue weighted by atomic mass is 79.9. The van der Waals surface area contributed by atoms with Crippen LogP contribution in [0.1, 0.15) is 18.4 Å². The lowest BCUT2D eigenvalue weighted by Crippen LogP contribution is -1.96. The third kappa shape index (κ3) is 3.12. The molecule has 1 saturated carbocycles. The molecule has 0 aromatic heterocycles. The van der Waals surface area contributed by atoms with Gasteiger partial charge in [0.1, 0.15) is 0 Å². The van der Waals surface area contributed by atoms with Gasteiger partial charge in [0.05, 0.1) is 6.61 Å². The number of benzene rings is 1. The monoisotopic (exact) mass is 240 g/mol. The molecule has 13 heavy (non-hydrogen) atoms. The summed E-state index contributed by atoms with van der Waals surface area (Å²) in [5, 5.41) is 0. The van der Waals surface area contributed by atoms with Crippen LogP contribution >= 0.6 is 15.9 Å². The zero-order chi connectivity index (χ0) is 9.10. The van der Waals surface area contributed by atoms with Gasteiger partial charge in [-0.15, -0.1) is 0 Å². The first kappa shape index (κ1) is 9.22. The third-order valence-corrected chi connectivity index (χ3v) is 2.70. The summed E-state index contributed by atoms with van der Waals surface area (Å²) >= 11 is 3.44. The summed E-state index contributed by atoms with van der Waals surface area (Å²) in [5.41, 5.74) is 1.25. The summed E-state index contributed by atoms with van der Waals surface area (Å²) in [7, 11) is 0. The average molecular weight is 241 g/mol. The minimum Gasteiger partial charge on any atom is -0.376 e. The van der Waals surface area contributed by atoms with Crippen LogP contribution in [-0.2, 0) is 11.3 Å². The summed E-state index contributed by atoms with van der Waals surface area (Å²) in [6.45, 7) is 1.68. The van der Waals surface area contributed by atoms with Crippen LogP contribution in [0, 0.1) is 5.92 Å². The maximum Gasteiger partial charge on any atom is 0.0717 e. The minimum absolute atomic E-state index is 0.746. The first-order chi connectivity index (χ1) is 6.34. The summed E-state index contributed by atoms with van der Waals surface area (Å²) in [6, 6.07) is 8.27. The Labute approximate surface area is 87.2 Å². The Balaban J connectivity index is 1.79. The van der Waals surface area contributed by atoms with Crippen molar-refractivity contribution in [3.63, 3.8) is 0 Å². The predicted octanol–water partition coefficient (Wildman–Crippen LogP) is 3.38. The average Bonchev–Trinajstić information content (AvgIpc) is 2.88. The molecule has 0 heterocycles. The SMILES string of the molecule is Brc1cccc(COCC2CC2)c1. The van der Waals surface area contributed by atoms with Crippen LogP contribution in [0.5, 0.6) is 0 Å². The zero-order valence-corrected chi connectivity index (χ0v) is 9.09. The fourth-order valence-corrected chi connectivity index (χ4v) is 1.70. The van der Waals surface area contributed by atoms with Crippen LogP contribution in [-0.4, -0.2) is 6.61 Å². The molecule has 1 nitrogen and oxygen atoms in total. The topological polar surface area (TPSA) is 9.23 Å². The van der Waals surface area contributed by atoms with E-state index in [9.17, 15) is 0 Å². The molecule has 0 bridgehead atoms. The largest absolute Gasteiger partial charge is 0.376 e. The number of hydrogen-bond donors (Lipinski definition) is 0. The molecule has 2 heteroatoms. The van der Waals surface area contributed by atoms with Crippen molar-refractivity contribution in [1.82, 2.24) is 0 Å². The molecule has 1 fully saturated rings. The van der Waals surface area contributed by atoms with Gasteiger partial charge < -0.3 is 4.74 Å². The van der Waals surface area contributed by atoms with Crippen LogP contribution in [0.3, 0.4) is 0 Å². The van der Waals surface area contributed by atoms with Crippen molar-refractivity contribution < 1.29 is 4.74 Å². The van der Waals surface area contributed by atoms with Gasteiger partial charge >= 0.3 is 0 Å². The third-order valence-electron chi connectivity index (χ3n) is 2.21. The van der Waals surface area contributed by atoms with E-state index in [1.54, 1.807) is 0 Å². The van der Waals surface area contributed by atoms with Crippen molar-refractivity contribution in [3.05, 3.63) is 34.3 Å². The van der Waals surface area contributed by atoms with E-state index in [1.807, 2.05) is 12.1 Å². The molecule has 0 unspecified atom stereocenters. The fraction of sp³-hybridized carbons (Fsp3) is 0.455. The van der Waals surface area contributed by atoms with Gasteiger partial charge in [0.25, 0.3) is 0 Å². The highest BCUT2D eigenvalue weighted by molar-refractivity contribution is 9.10. The Hall–Kier alpha value is -0.340. The van der Waals surface area contributed by atoms with Gasteiger partial charge in [0, 0.05) is 11.1 Å². The molecule has 0 saturated heterocycles. The lowest BCUT2D eigenvalue weighted by Gasteiger charge is -2.03. The molecular formula is C11H13BrO. The molecule has 0 spiro atoms. The van der Waals surface area contributed by atoms with Gasteiger partial charge in [-0.3, -0.25) is 0 Å². The Morgan fingerprint density at radius 3 is 2.92 bits per heavy atom. The molecule has 70 valence electrons. The van der Waals surface area contributed by atoms with Gasteiger partial charge in [0.15, 0.2) is 0 Å². The Morgan fingerprint density at radius 1 is 1.38 bits per heavy atom. The molecule has 1 aromatic rings. The normalized spacial score (nSPS) is 16.1. The van der Waals surface area contributed by atoms with Crippen molar-refractivity contribution >= 4 is 15.9 Å². The minimum atomic E-state index is 0.746. The van der Waals surface area contributed by atoms with Crippen LogP contribution in [0.4, 0.5) is 0 Å². The molecule has 0 aliphatic heterocycles. The van der Waals surface area contributed by atoms with E-state index in [2.05, 4.69) is 28.1 Å². The number of ether oxygens (including phenoxy) is 1. The van der Waals surface area contributed by atoms with Crippen LogP contribution in [0.25, 0.3) is 0 Å². The molecule has 0 N–H and O–H groups in total. The summed E-state index contributed by atoms with van der Waals surface area (Å²) in [6.07, 6.45) is 2.72. The van der Waals surface area contributed by atoms with Crippen molar-refractivity contribution in [3.8, 4) is 0 Å². The Morgan fingerprint density at radius 2 is 2.23 bits per heavy atom. The smallest absolute Gasteiger partial charge is 0.0717 e. The van der Waals surface area contributed by atoms with Gasteiger partial charge in [-0.2, -0.15) is 0 Å². The summed E-state index contributed by atoms with van der Waals surface area (Å²) in [5.74, 6) is 0.854. The van der Waals surface area contributed by atoms with Crippen molar-refractivity contribution in [2.24, 2.45) is 5.92 Å². The first-order valence-corrected chi connectivity index (χ1v) is 5.46.